The van der Waals surface area contributed by atoms with Crippen molar-refractivity contribution in [3.63, 3.8) is 0 Å². The van der Waals surface area contributed by atoms with Crippen LogP contribution in [0.1, 0.15) is 24.2 Å². The van der Waals surface area contributed by atoms with Crippen LogP contribution in [0.2, 0.25) is 0 Å². The Morgan fingerprint density at radius 2 is 1.48 bits per heavy atom. The van der Waals surface area contributed by atoms with E-state index in [-0.39, 0.29) is 0 Å². The van der Waals surface area contributed by atoms with Gasteiger partial charge in [0.1, 0.15) is 6.10 Å². The normalized spacial score (nSPS) is 12.8. The molecule has 3 aromatic carbocycles. The molecule has 0 radical (unpaired) electrons. The van der Waals surface area contributed by atoms with Gasteiger partial charge in [-0.2, -0.15) is 0 Å². The quantitative estimate of drug-likeness (QED) is 0.572. The minimum Gasteiger partial charge on any atom is -0.384 e. The van der Waals surface area contributed by atoms with E-state index in [1.807, 2.05) is 36.4 Å². The Hall–Kier alpha value is -2.58. The molecule has 0 aliphatic carbocycles. The van der Waals surface area contributed by atoms with Gasteiger partial charge < -0.3 is 9.67 Å². The molecule has 0 aliphatic heterocycles. The second-order valence-corrected chi connectivity index (χ2v) is 5.85. The molecule has 1 aromatic heterocycles. The van der Waals surface area contributed by atoms with E-state index in [9.17, 15) is 5.11 Å². The lowest BCUT2D eigenvalue weighted by molar-refractivity contribution is 0.220. The van der Waals surface area contributed by atoms with Crippen molar-refractivity contribution in [3.8, 4) is 0 Å². The lowest BCUT2D eigenvalue weighted by Crippen LogP contribution is -1.99. The van der Waals surface area contributed by atoms with E-state index in [0.717, 1.165) is 17.7 Å². The van der Waals surface area contributed by atoms with Gasteiger partial charge in [-0.1, -0.05) is 54.6 Å². The fourth-order valence-electron chi connectivity index (χ4n) is 3.41. The molecule has 0 saturated heterocycles. The molecule has 2 heteroatoms. The Kier molecular flexibility index (Phi) is 3.40. The third kappa shape index (κ3) is 2.23. The predicted octanol–water partition coefficient (Wildman–Crippen LogP) is 4.90. The molecule has 0 bridgehead atoms. The molecular weight excluding hydrogens is 282 g/mol. The van der Waals surface area contributed by atoms with Crippen molar-refractivity contribution in [2.75, 3.05) is 0 Å². The topological polar surface area (TPSA) is 25.2 Å². The molecule has 1 heterocycles. The Bertz CT molecular complexity index is 969. The van der Waals surface area contributed by atoms with Crippen molar-refractivity contribution in [2.45, 2.75) is 19.6 Å². The average Bonchev–Trinajstić information content (AvgIpc) is 2.95. The van der Waals surface area contributed by atoms with Crippen LogP contribution < -0.4 is 0 Å². The van der Waals surface area contributed by atoms with Crippen LogP contribution in [-0.4, -0.2) is 9.67 Å². The van der Waals surface area contributed by atoms with Crippen molar-refractivity contribution < 1.29 is 5.11 Å². The number of nitrogens with zero attached hydrogens (tertiary/aromatic N) is 1. The molecule has 4 aromatic rings. The van der Waals surface area contributed by atoms with Crippen LogP contribution in [-0.2, 0) is 6.54 Å². The second-order valence-electron chi connectivity index (χ2n) is 5.85. The van der Waals surface area contributed by atoms with E-state index in [1.54, 1.807) is 0 Å². The first-order valence-electron chi connectivity index (χ1n) is 8.03. The number of aliphatic hydroxyl groups is 1. The van der Waals surface area contributed by atoms with Crippen LogP contribution in [0.25, 0.3) is 21.8 Å². The lowest BCUT2D eigenvalue weighted by Gasteiger charge is -2.12. The smallest absolute Gasteiger partial charge is 0.104 e. The summed E-state index contributed by atoms with van der Waals surface area (Å²) in [5.74, 6) is 0. The molecular formula is C21H19NO. The van der Waals surface area contributed by atoms with E-state index in [0.29, 0.717) is 0 Å². The summed E-state index contributed by atoms with van der Waals surface area (Å²) in [6.07, 6.45) is -0.593. The zero-order valence-electron chi connectivity index (χ0n) is 13.1. The second kappa shape index (κ2) is 5.56. The number of benzene rings is 3. The van der Waals surface area contributed by atoms with Gasteiger partial charge in [-0.3, -0.25) is 0 Å². The number of para-hydroxylation sites is 1. The number of fused-ring (bicyclic) bond motifs is 3. The molecule has 0 aliphatic rings. The molecule has 114 valence electrons. The minimum atomic E-state index is -0.593. The van der Waals surface area contributed by atoms with Gasteiger partial charge in [0.15, 0.2) is 0 Å². The summed E-state index contributed by atoms with van der Waals surface area (Å²) in [4.78, 5) is 0. The summed E-state index contributed by atoms with van der Waals surface area (Å²) in [6, 6.07) is 24.6. The third-order valence-electron chi connectivity index (χ3n) is 4.54. The molecule has 0 amide bonds. The standard InChI is InChI=1S/C21H19NO/c1-2-22-19-11-7-6-10-17(19)18-14-16(12-13-20(18)22)21(23)15-8-4-3-5-9-15/h3-14,21,23H,2H2,1H3. The largest absolute Gasteiger partial charge is 0.384 e. The van der Waals surface area contributed by atoms with Gasteiger partial charge in [0, 0.05) is 28.4 Å². The zero-order valence-corrected chi connectivity index (χ0v) is 13.1. The van der Waals surface area contributed by atoms with E-state index in [2.05, 4.69) is 47.9 Å². The molecule has 23 heavy (non-hydrogen) atoms. The summed E-state index contributed by atoms with van der Waals surface area (Å²) in [5.41, 5.74) is 4.32. The molecule has 4 rings (SSSR count). The molecule has 1 atom stereocenters. The molecule has 1 unspecified atom stereocenters. The van der Waals surface area contributed by atoms with Crippen molar-refractivity contribution in [1.29, 1.82) is 0 Å². The summed E-state index contributed by atoms with van der Waals surface area (Å²) < 4.78 is 2.32. The average molecular weight is 301 g/mol. The maximum Gasteiger partial charge on any atom is 0.104 e. The van der Waals surface area contributed by atoms with E-state index >= 15 is 0 Å². The lowest BCUT2D eigenvalue weighted by atomic mass is 9.99. The van der Waals surface area contributed by atoms with Gasteiger partial charge in [-0.15, -0.1) is 0 Å². The fourth-order valence-corrected chi connectivity index (χ4v) is 3.41. The highest BCUT2D eigenvalue weighted by atomic mass is 16.3. The summed E-state index contributed by atoms with van der Waals surface area (Å²) >= 11 is 0. The van der Waals surface area contributed by atoms with Gasteiger partial charge in [-0.25, -0.2) is 0 Å². The Morgan fingerprint density at radius 3 is 2.26 bits per heavy atom. The third-order valence-corrected chi connectivity index (χ3v) is 4.54. The maximum atomic E-state index is 10.7. The number of rotatable bonds is 3. The van der Waals surface area contributed by atoms with Gasteiger partial charge in [-0.05, 0) is 36.2 Å². The van der Waals surface area contributed by atoms with Crippen LogP contribution in [0.4, 0.5) is 0 Å². The first-order valence-corrected chi connectivity index (χ1v) is 8.03. The van der Waals surface area contributed by atoms with Crippen molar-refractivity contribution >= 4 is 21.8 Å². The Balaban J connectivity index is 1.93. The van der Waals surface area contributed by atoms with Crippen LogP contribution in [0.5, 0.6) is 0 Å². The molecule has 2 nitrogen and oxygen atoms in total. The summed E-state index contributed by atoms with van der Waals surface area (Å²) in [6.45, 7) is 3.10. The number of hydrogen-bond donors (Lipinski definition) is 1. The number of aliphatic hydroxyl groups excluding tert-OH is 1. The van der Waals surface area contributed by atoms with Gasteiger partial charge in [0.05, 0.1) is 0 Å². The first kappa shape index (κ1) is 14.0. The Morgan fingerprint density at radius 1 is 0.783 bits per heavy atom. The Labute approximate surface area is 135 Å². The fraction of sp³-hybridized carbons (Fsp3) is 0.143. The highest BCUT2D eigenvalue weighted by Gasteiger charge is 2.14. The highest BCUT2D eigenvalue weighted by molar-refractivity contribution is 6.08. The van der Waals surface area contributed by atoms with Crippen molar-refractivity contribution in [1.82, 2.24) is 4.57 Å². The first-order chi connectivity index (χ1) is 11.3. The van der Waals surface area contributed by atoms with Gasteiger partial charge in [0.2, 0.25) is 0 Å². The monoisotopic (exact) mass is 301 g/mol. The van der Waals surface area contributed by atoms with Crippen molar-refractivity contribution in [2.24, 2.45) is 0 Å². The van der Waals surface area contributed by atoms with Gasteiger partial charge >= 0.3 is 0 Å². The number of aromatic nitrogens is 1. The van der Waals surface area contributed by atoms with Crippen LogP contribution in [0.3, 0.4) is 0 Å². The summed E-state index contributed by atoms with van der Waals surface area (Å²) in [5, 5.41) is 13.1. The SMILES string of the molecule is CCn1c2ccccc2c2cc(C(O)c3ccccc3)ccc21. The van der Waals surface area contributed by atoms with Crippen LogP contribution in [0, 0.1) is 0 Å². The van der Waals surface area contributed by atoms with Crippen LogP contribution >= 0.6 is 0 Å². The predicted molar refractivity (Wildman–Crippen MR) is 95.6 cm³/mol. The van der Waals surface area contributed by atoms with E-state index < -0.39 is 6.10 Å². The molecule has 0 fully saturated rings. The van der Waals surface area contributed by atoms with Crippen LogP contribution in [0.15, 0.2) is 72.8 Å². The molecule has 0 saturated carbocycles. The van der Waals surface area contributed by atoms with E-state index in [1.165, 1.54) is 21.8 Å². The highest BCUT2D eigenvalue weighted by Crippen LogP contribution is 2.32. The van der Waals surface area contributed by atoms with E-state index in [4.69, 9.17) is 0 Å². The van der Waals surface area contributed by atoms with Crippen molar-refractivity contribution in [3.05, 3.63) is 83.9 Å². The van der Waals surface area contributed by atoms with Gasteiger partial charge in [0.25, 0.3) is 0 Å². The number of aryl methyl sites for hydroxylation is 1. The summed E-state index contributed by atoms with van der Waals surface area (Å²) in [7, 11) is 0. The minimum absolute atomic E-state index is 0.593. The zero-order chi connectivity index (χ0) is 15.8. The maximum absolute atomic E-state index is 10.7. The molecule has 1 N–H and O–H groups in total. The number of hydrogen-bond acceptors (Lipinski definition) is 1. The molecule has 0 spiro atoms.